The highest BCUT2D eigenvalue weighted by atomic mass is 16.6. The molecule has 28 heavy (non-hydrogen) atoms. The van der Waals surface area contributed by atoms with Crippen LogP contribution in [0.5, 0.6) is 0 Å². The van der Waals surface area contributed by atoms with Crippen molar-refractivity contribution >= 4 is 34.8 Å². The fraction of sp³-hybridized carbons (Fsp3) is 0.263. The number of carbonyl (C=O) groups is 2. The molecule has 0 atom stereocenters. The highest BCUT2D eigenvalue weighted by Crippen LogP contribution is 2.34. The Morgan fingerprint density at radius 3 is 2.75 bits per heavy atom. The molecule has 9 heteroatoms. The van der Waals surface area contributed by atoms with Gasteiger partial charge in [0.15, 0.2) is 0 Å². The number of ether oxygens (including phenoxy) is 1. The first kappa shape index (κ1) is 17.8. The summed E-state index contributed by atoms with van der Waals surface area (Å²) in [4.78, 5) is 32.3. The Kier molecular flexibility index (Phi) is 3.95. The van der Waals surface area contributed by atoms with Crippen molar-refractivity contribution in [1.29, 1.82) is 0 Å². The van der Waals surface area contributed by atoms with Crippen molar-refractivity contribution in [3.8, 4) is 11.4 Å². The smallest absolute Gasteiger partial charge is 0.412 e. The van der Waals surface area contributed by atoms with E-state index in [1.165, 1.54) is 0 Å². The van der Waals surface area contributed by atoms with E-state index in [0.717, 1.165) is 17.0 Å². The van der Waals surface area contributed by atoms with Crippen LogP contribution < -0.4 is 10.7 Å². The molecule has 0 unspecified atom stereocenters. The lowest BCUT2D eigenvalue weighted by molar-refractivity contribution is 0.0635. The molecule has 0 spiro atoms. The Morgan fingerprint density at radius 2 is 2.07 bits per heavy atom. The van der Waals surface area contributed by atoms with Crippen LogP contribution in [0.1, 0.15) is 36.7 Å². The molecule has 3 heterocycles. The second-order valence-corrected chi connectivity index (χ2v) is 7.61. The van der Waals surface area contributed by atoms with Gasteiger partial charge in [0.2, 0.25) is 0 Å². The Bertz CT molecular complexity index is 1130. The van der Waals surface area contributed by atoms with Crippen molar-refractivity contribution in [2.45, 2.75) is 26.4 Å². The lowest BCUT2D eigenvalue weighted by Gasteiger charge is -2.19. The van der Waals surface area contributed by atoms with Crippen LogP contribution in [-0.2, 0) is 11.8 Å². The van der Waals surface area contributed by atoms with E-state index < -0.39 is 11.7 Å². The quantitative estimate of drug-likeness (QED) is 0.634. The maximum atomic E-state index is 12.5. The van der Waals surface area contributed by atoms with Crippen LogP contribution in [0.4, 0.5) is 10.5 Å². The van der Waals surface area contributed by atoms with Crippen LogP contribution in [0, 0.1) is 0 Å². The average Bonchev–Trinajstić information content (AvgIpc) is 3.11. The molecule has 1 aromatic carbocycles. The molecule has 3 N–H and O–H groups in total. The highest BCUT2D eigenvalue weighted by Gasteiger charge is 2.24. The average molecular weight is 380 g/mol. The second-order valence-electron chi connectivity index (χ2n) is 7.61. The second kappa shape index (κ2) is 6.22. The summed E-state index contributed by atoms with van der Waals surface area (Å²) in [5, 5.41) is 7.40. The van der Waals surface area contributed by atoms with Crippen molar-refractivity contribution in [2.24, 2.45) is 12.1 Å². The zero-order valence-electron chi connectivity index (χ0n) is 16.0. The summed E-state index contributed by atoms with van der Waals surface area (Å²) in [5.41, 5.74) is 5.60. The van der Waals surface area contributed by atoms with Gasteiger partial charge >= 0.3 is 6.09 Å². The van der Waals surface area contributed by atoms with E-state index in [9.17, 15) is 9.59 Å². The molecule has 4 rings (SSSR count). The fourth-order valence-corrected chi connectivity index (χ4v) is 3.12. The molecule has 0 saturated carbocycles. The number of H-pyrrole nitrogens is 1. The van der Waals surface area contributed by atoms with Gasteiger partial charge in [-0.1, -0.05) is 0 Å². The number of aryl methyl sites for hydroxylation is 1. The van der Waals surface area contributed by atoms with Crippen molar-refractivity contribution in [3.63, 3.8) is 0 Å². The summed E-state index contributed by atoms with van der Waals surface area (Å²) in [7, 11) is 1.88. The standard InChI is InChI=1S/C19H20N6O3/c1-19(2,3)28-18(27)22-10-5-11-15-12(7-21-24-17(11)26)16(23-13(15)6-10)14-8-25(4)9-20-14/h5-9,23H,1-4H3,(H,22,27)(H,24,26). The van der Waals surface area contributed by atoms with Crippen LogP contribution in [0.15, 0.2) is 29.8 Å². The third-order valence-corrected chi connectivity index (χ3v) is 4.15. The van der Waals surface area contributed by atoms with Gasteiger partial charge in [0.1, 0.15) is 11.3 Å². The number of carbonyl (C=O) groups excluding carboxylic acids is 2. The molecule has 9 nitrogen and oxygen atoms in total. The number of anilines is 1. The van der Waals surface area contributed by atoms with Gasteiger partial charge in [-0.3, -0.25) is 10.1 Å². The van der Waals surface area contributed by atoms with Crippen LogP contribution in [0.2, 0.25) is 0 Å². The van der Waals surface area contributed by atoms with Gasteiger partial charge in [-0.05, 0) is 32.9 Å². The predicted molar refractivity (Wildman–Crippen MR) is 105 cm³/mol. The molecule has 144 valence electrons. The third-order valence-electron chi connectivity index (χ3n) is 4.15. The summed E-state index contributed by atoms with van der Waals surface area (Å²) in [6.07, 6.45) is 4.56. The zero-order valence-corrected chi connectivity index (χ0v) is 16.0. The molecule has 2 aromatic heterocycles. The molecule has 3 aromatic rings. The number of aromatic amines is 1. The molecular formula is C19H20N6O3. The molecule has 0 bridgehead atoms. The molecule has 0 aliphatic carbocycles. The summed E-state index contributed by atoms with van der Waals surface area (Å²) >= 11 is 0. The number of hydrogen-bond acceptors (Lipinski definition) is 5. The van der Waals surface area contributed by atoms with Crippen LogP contribution in [0.25, 0.3) is 22.3 Å². The number of rotatable bonds is 2. The van der Waals surface area contributed by atoms with E-state index in [4.69, 9.17) is 4.74 Å². The number of hydrogen-bond donors (Lipinski definition) is 3. The summed E-state index contributed by atoms with van der Waals surface area (Å²) in [5.74, 6) is -0.362. The Hall–Kier alpha value is -3.62. The topological polar surface area (TPSA) is 113 Å². The molecule has 0 radical (unpaired) electrons. The van der Waals surface area contributed by atoms with E-state index in [2.05, 4.69) is 25.8 Å². The van der Waals surface area contributed by atoms with E-state index in [1.807, 2.05) is 17.8 Å². The van der Waals surface area contributed by atoms with Crippen LogP contribution >= 0.6 is 0 Å². The van der Waals surface area contributed by atoms with E-state index in [0.29, 0.717) is 22.2 Å². The van der Waals surface area contributed by atoms with Gasteiger partial charge in [0.25, 0.3) is 5.91 Å². The molecule has 1 aliphatic heterocycles. The fourth-order valence-electron chi connectivity index (χ4n) is 3.12. The van der Waals surface area contributed by atoms with Crippen LogP contribution in [0.3, 0.4) is 0 Å². The largest absolute Gasteiger partial charge is 0.444 e. The van der Waals surface area contributed by atoms with Crippen molar-refractivity contribution in [3.05, 3.63) is 35.8 Å². The number of aromatic nitrogens is 3. The normalized spacial score (nSPS) is 13.4. The van der Waals surface area contributed by atoms with Crippen molar-refractivity contribution < 1.29 is 14.3 Å². The lowest BCUT2D eigenvalue weighted by Crippen LogP contribution is -2.27. The van der Waals surface area contributed by atoms with Gasteiger partial charge < -0.3 is 14.3 Å². The molecule has 0 saturated heterocycles. The van der Waals surface area contributed by atoms with Gasteiger partial charge in [-0.15, -0.1) is 0 Å². The summed E-state index contributed by atoms with van der Waals surface area (Å²) in [6, 6.07) is 3.36. The van der Waals surface area contributed by atoms with E-state index >= 15 is 0 Å². The Labute approximate surface area is 160 Å². The number of hydrazone groups is 1. The summed E-state index contributed by atoms with van der Waals surface area (Å²) in [6.45, 7) is 5.35. The van der Waals surface area contributed by atoms with E-state index in [-0.39, 0.29) is 5.91 Å². The molecular weight excluding hydrogens is 360 g/mol. The highest BCUT2D eigenvalue weighted by molar-refractivity contribution is 6.18. The Balaban J connectivity index is 1.84. The number of imidazole rings is 1. The first-order valence-electron chi connectivity index (χ1n) is 8.73. The Morgan fingerprint density at radius 1 is 1.29 bits per heavy atom. The monoisotopic (exact) mass is 380 g/mol. The minimum absolute atomic E-state index is 0.362. The van der Waals surface area contributed by atoms with E-state index in [1.54, 1.807) is 45.4 Å². The van der Waals surface area contributed by atoms with Crippen LogP contribution in [-0.4, -0.2) is 38.4 Å². The molecule has 2 amide bonds. The number of nitrogens with one attached hydrogen (secondary N) is 3. The SMILES string of the molecule is Cn1cnc(-c2[nH]c3cc(NC(=O)OC(C)(C)C)cc4c3c2C=NNC4=O)c1. The minimum Gasteiger partial charge on any atom is -0.444 e. The van der Waals surface area contributed by atoms with Gasteiger partial charge in [-0.2, -0.15) is 5.10 Å². The summed E-state index contributed by atoms with van der Waals surface area (Å²) < 4.78 is 7.13. The molecule has 0 fully saturated rings. The van der Waals surface area contributed by atoms with Crippen molar-refractivity contribution in [1.82, 2.24) is 20.0 Å². The number of amides is 2. The maximum Gasteiger partial charge on any atom is 0.412 e. The van der Waals surface area contributed by atoms with Crippen molar-refractivity contribution in [2.75, 3.05) is 5.32 Å². The predicted octanol–water partition coefficient (Wildman–Crippen LogP) is 2.99. The van der Waals surface area contributed by atoms with Gasteiger partial charge in [0, 0.05) is 35.4 Å². The number of benzene rings is 1. The lowest BCUT2D eigenvalue weighted by atomic mass is 10.0. The minimum atomic E-state index is -0.628. The van der Waals surface area contributed by atoms with Gasteiger partial charge in [0.05, 0.1) is 23.8 Å². The zero-order chi connectivity index (χ0) is 20.1. The first-order valence-corrected chi connectivity index (χ1v) is 8.73. The maximum absolute atomic E-state index is 12.5. The number of nitrogens with zero attached hydrogens (tertiary/aromatic N) is 3. The first-order chi connectivity index (χ1) is 13.2. The third kappa shape index (κ3) is 3.22. The van der Waals surface area contributed by atoms with Gasteiger partial charge in [-0.25, -0.2) is 15.2 Å². The molecule has 1 aliphatic rings.